The predicted octanol–water partition coefficient (Wildman–Crippen LogP) is 2.13. The number of piperazine rings is 1. The first-order chi connectivity index (χ1) is 13.4. The van der Waals surface area contributed by atoms with Gasteiger partial charge in [0, 0.05) is 62.7 Å². The lowest BCUT2D eigenvalue weighted by molar-refractivity contribution is 0.0715. The zero-order chi connectivity index (χ0) is 19.9. The summed E-state index contributed by atoms with van der Waals surface area (Å²) in [6.45, 7) is 5.74. The molecule has 1 fully saturated rings. The fourth-order valence-electron chi connectivity index (χ4n) is 3.79. The number of hydrogen-bond acceptors (Lipinski definition) is 4. The largest absolute Gasteiger partial charge is 0.369 e. The molecule has 28 heavy (non-hydrogen) atoms. The van der Waals surface area contributed by atoms with Gasteiger partial charge in [0.1, 0.15) is 10.6 Å². The molecular weight excluding hydrogens is 400 g/mol. The molecule has 0 N–H and O–H groups in total. The van der Waals surface area contributed by atoms with Gasteiger partial charge in [-0.3, -0.25) is 4.79 Å². The average Bonchev–Trinajstić information content (AvgIpc) is 3.15. The molecule has 150 valence electrons. The normalized spacial score (nSPS) is 18.4. The number of nitrogens with zero attached hydrogens (tertiary/aromatic N) is 4. The van der Waals surface area contributed by atoms with E-state index in [9.17, 15) is 13.2 Å². The number of fused-ring (bicyclic) bond motifs is 1. The van der Waals surface area contributed by atoms with Crippen LogP contribution in [0.5, 0.6) is 0 Å². The molecule has 1 saturated heterocycles. The number of aromatic nitrogens is 1. The molecule has 9 heteroatoms. The molecule has 0 unspecified atom stereocenters. The molecule has 0 atom stereocenters. The van der Waals surface area contributed by atoms with Gasteiger partial charge in [0.05, 0.1) is 0 Å². The molecule has 7 nitrogen and oxygen atoms in total. The molecule has 0 spiro atoms. The minimum Gasteiger partial charge on any atom is -0.369 e. The third-order valence-electron chi connectivity index (χ3n) is 5.42. The van der Waals surface area contributed by atoms with Gasteiger partial charge >= 0.3 is 0 Å². The Morgan fingerprint density at radius 2 is 1.79 bits per heavy atom. The van der Waals surface area contributed by atoms with E-state index in [1.165, 1.54) is 10.4 Å². The monoisotopic (exact) mass is 422 g/mol. The highest BCUT2D eigenvalue weighted by Crippen LogP contribution is 2.25. The van der Waals surface area contributed by atoms with Crippen molar-refractivity contribution in [2.75, 3.05) is 44.2 Å². The van der Waals surface area contributed by atoms with E-state index in [0.29, 0.717) is 56.5 Å². The second-order valence-electron chi connectivity index (χ2n) is 7.01. The van der Waals surface area contributed by atoms with E-state index in [1.807, 2.05) is 31.2 Å². The van der Waals surface area contributed by atoms with Crippen LogP contribution in [-0.2, 0) is 16.6 Å². The Kier molecular flexibility index (Phi) is 5.11. The van der Waals surface area contributed by atoms with Crippen LogP contribution in [0.25, 0.3) is 0 Å². The van der Waals surface area contributed by atoms with Crippen LogP contribution in [0.15, 0.2) is 41.4 Å². The van der Waals surface area contributed by atoms with Gasteiger partial charge in [0.2, 0.25) is 10.0 Å². The van der Waals surface area contributed by atoms with Gasteiger partial charge in [-0.15, -0.1) is 0 Å². The number of amides is 1. The standard InChI is InChI=1S/C19H23ClN4O3S/c1-2-21-6-7-23-14-17(13-18(23)19(21)25)28(26,27)24-10-8-22(9-11-24)16-5-3-4-15(20)12-16/h3-5,12-14H,2,6-11H2,1H3. The van der Waals surface area contributed by atoms with Crippen LogP contribution in [-0.4, -0.2) is 67.4 Å². The second-order valence-corrected chi connectivity index (χ2v) is 9.38. The van der Waals surface area contributed by atoms with Gasteiger partial charge in [-0.2, -0.15) is 4.31 Å². The molecule has 1 amide bonds. The van der Waals surface area contributed by atoms with Crippen LogP contribution in [0.4, 0.5) is 5.69 Å². The molecule has 0 saturated carbocycles. The number of benzene rings is 1. The average molecular weight is 423 g/mol. The summed E-state index contributed by atoms with van der Waals surface area (Å²) in [4.78, 5) is 16.5. The summed E-state index contributed by atoms with van der Waals surface area (Å²) >= 11 is 6.06. The van der Waals surface area contributed by atoms with Crippen molar-refractivity contribution in [2.24, 2.45) is 0 Å². The lowest BCUT2D eigenvalue weighted by Crippen LogP contribution is -2.48. The molecule has 2 aliphatic heterocycles. The third-order valence-corrected chi connectivity index (χ3v) is 7.52. The molecule has 2 aromatic rings. The maximum Gasteiger partial charge on any atom is 0.270 e. The number of carbonyl (C=O) groups is 1. The van der Waals surface area contributed by atoms with Crippen molar-refractivity contribution in [3.05, 3.63) is 47.2 Å². The number of carbonyl (C=O) groups excluding carboxylic acids is 1. The Bertz CT molecular complexity index is 996. The third kappa shape index (κ3) is 3.40. The molecule has 1 aromatic heterocycles. The number of hydrogen-bond donors (Lipinski definition) is 0. The van der Waals surface area contributed by atoms with Crippen molar-refractivity contribution in [1.82, 2.24) is 13.8 Å². The lowest BCUT2D eigenvalue weighted by Gasteiger charge is -2.35. The van der Waals surface area contributed by atoms with Crippen molar-refractivity contribution in [1.29, 1.82) is 0 Å². The van der Waals surface area contributed by atoms with Gasteiger partial charge in [-0.1, -0.05) is 17.7 Å². The van der Waals surface area contributed by atoms with Gasteiger partial charge in [-0.05, 0) is 31.2 Å². The number of rotatable bonds is 4. The first-order valence-electron chi connectivity index (χ1n) is 9.40. The Labute approximate surface area is 170 Å². The van der Waals surface area contributed by atoms with Crippen molar-refractivity contribution < 1.29 is 13.2 Å². The summed E-state index contributed by atoms with van der Waals surface area (Å²) in [5.74, 6) is -0.110. The summed E-state index contributed by atoms with van der Waals surface area (Å²) in [5, 5.41) is 0.665. The SMILES string of the molecule is CCN1CCn2cc(S(=O)(=O)N3CCN(c4cccc(Cl)c4)CC3)cc2C1=O. The number of halogens is 1. The van der Waals surface area contributed by atoms with Crippen molar-refractivity contribution >= 4 is 33.2 Å². The lowest BCUT2D eigenvalue weighted by atomic mass is 10.2. The van der Waals surface area contributed by atoms with Crippen molar-refractivity contribution in [3.8, 4) is 0 Å². The summed E-state index contributed by atoms with van der Waals surface area (Å²) in [5.41, 5.74) is 1.44. The Hall–Kier alpha value is -2.03. The summed E-state index contributed by atoms with van der Waals surface area (Å²) in [6.07, 6.45) is 1.60. The van der Waals surface area contributed by atoms with Crippen molar-refractivity contribution in [2.45, 2.75) is 18.4 Å². The highest BCUT2D eigenvalue weighted by atomic mass is 35.5. The highest BCUT2D eigenvalue weighted by molar-refractivity contribution is 7.89. The summed E-state index contributed by atoms with van der Waals surface area (Å²) in [6, 6.07) is 9.09. The Balaban J connectivity index is 1.50. The van der Waals surface area contributed by atoms with Crippen LogP contribution in [0.3, 0.4) is 0 Å². The van der Waals surface area contributed by atoms with Gasteiger partial charge < -0.3 is 14.4 Å². The fourth-order valence-corrected chi connectivity index (χ4v) is 5.44. The molecule has 2 aliphatic rings. The van der Waals surface area contributed by atoms with E-state index >= 15 is 0 Å². The van der Waals surface area contributed by atoms with Crippen LogP contribution in [0.2, 0.25) is 5.02 Å². The van der Waals surface area contributed by atoms with Gasteiger partial charge in [0.25, 0.3) is 5.91 Å². The second kappa shape index (κ2) is 7.42. The van der Waals surface area contributed by atoms with Crippen LogP contribution < -0.4 is 4.90 Å². The molecule has 0 aliphatic carbocycles. The smallest absolute Gasteiger partial charge is 0.270 e. The fraction of sp³-hybridized carbons (Fsp3) is 0.421. The first-order valence-corrected chi connectivity index (χ1v) is 11.2. The maximum absolute atomic E-state index is 13.1. The molecular formula is C19H23ClN4O3S. The highest BCUT2D eigenvalue weighted by Gasteiger charge is 2.32. The quantitative estimate of drug-likeness (QED) is 0.757. The molecule has 0 radical (unpaired) electrons. The number of likely N-dealkylation sites (N-methyl/N-ethyl adjacent to an activating group) is 1. The molecule has 0 bridgehead atoms. The van der Waals surface area contributed by atoms with Gasteiger partial charge in [0.15, 0.2) is 0 Å². The van der Waals surface area contributed by atoms with E-state index in [4.69, 9.17) is 11.6 Å². The van der Waals surface area contributed by atoms with E-state index in [0.717, 1.165) is 5.69 Å². The topological polar surface area (TPSA) is 65.9 Å². The zero-order valence-corrected chi connectivity index (χ0v) is 17.3. The van der Waals surface area contributed by atoms with E-state index in [1.54, 1.807) is 15.7 Å². The summed E-state index contributed by atoms with van der Waals surface area (Å²) in [7, 11) is -3.63. The van der Waals surface area contributed by atoms with E-state index in [-0.39, 0.29) is 10.8 Å². The predicted molar refractivity (Wildman–Crippen MR) is 108 cm³/mol. The number of sulfonamides is 1. The maximum atomic E-state index is 13.1. The minimum atomic E-state index is -3.63. The number of anilines is 1. The Morgan fingerprint density at radius 1 is 1.04 bits per heavy atom. The van der Waals surface area contributed by atoms with Crippen LogP contribution >= 0.6 is 11.6 Å². The van der Waals surface area contributed by atoms with Crippen LogP contribution in [0, 0.1) is 0 Å². The van der Waals surface area contributed by atoms with E-state index in [2.05, 4.69) is 4.90 Å². The molecule has 1 aromatic carbocycles. The minimum absolute atomic E-state index is 0.110. The first kappa shape index (κ1) is 19.3. The van der Waals surface area contributed by atoms with Crippen LogP contribution in [0.1, 0.15) is 17.4 Å². The van der Waals surface area contributed by atoms with E-state index < -0.39 is 10.0 Å². The van der Waals surface area contributed by atoms with Gasteiger partial charge in [-0.25, -0.2) is 8.42 Å². The Morgan fingerprint density at radius 3 is 2.46 bits per heavy atom. The zero-order valence-electron chi connectivity index (χ0n) is 15.7. The molecule has 3 heterocycles. The molecule has 4 rings (SSSR count). The van der Waals surface area contributed by atoms with Crippen molar-refractivity contribution in [3.63, 3.8) is 0 Å². The summed E-state index contributed by atoms with van der Waals surface area (Å²) < 4.78 is 29.5.